The smallest absolute Gasteiger partial charge is 0.295 e. The minimum Gasteiger partial charge on any atom is -0.388 e. The average Bonchev–Trinajstić information content (AvgIpc) is 2.71. The fourth-order valence-corrected chi connectivity index (χ4v) is 3.39. The van der Waals surface area contributed by atoms with Gasteiger partial charge in [0.1, 0.15) is 0 Å². The van der Waals surface area contributed by atoms with Crippen LogP contribution in [0.5, 0.6) is 0 Å². The highest BCUT2D eigenvalue weighted by Gasteiger charge is 2.27. The summed E-state index contributed by atoms with van der Waals surface area (Å²) < 4.78 is 72.8. The quantitative estimate of drug-likeness (QED) is 0.581. The van der Waals surface area contributed by atoms with Crippen molar-refractivity contribution in [2.75, 3.05) is 12.7 Å². The van der Waals surface area contributed by atoms with Gasteiger partial charge in [0.15, 0.2) is 21.6 Å². The minimum absolute atomic E-state index is 0.188. The molecule has 0 bridgehead atoms. The van der Waals surface area contributed by atoms with Gasteiger partial charge in [-0.25, -0.2) is 21.6 Å². The number of pyridine rings is 1. The normalized spacial score (nSPS) is 14.0. The zero-order chi connectivity index (χ0) is 21.6. The van der Waals surface area contributed by atoms with Crippen LogP contribution < -0.4 is 0 Å². The summed E-state index contributed by atoms with van der Waals surface area (Å²) in [6, 6.07) is 7.67. The number of Topliss-reactive ketones (excluding diaryl/α,β-unsaturated/α-hetero) is 1. The van der Waals surface area contributed by atoms with E-state index in [0.29, 0.717) is 11.1 Å². The Morgan fingerprint density at radius 2 is 1.66 bits per heavy atom. The van der Waals surface area contributed by atoms with E-state index >= 15 is 0 Å². The van der Waals surface area contributed by atoms with E-state index in [9.17, 15) is 35.9 Å². The Morgan fingerprint density at radius 1 is 1.03 bits per heavy atom. The van der Waals surface area contributed by atoms with Crippen molar-refractivity contribution in [2.45, 2.75) is 24.7 Å². The molecule has 0 aliphatic carbocycles. The standard InChI is InChI=1S/C19H19F4NO4S/c20-8-15(7-17(25)19(22)23)18(26)13-3-1-12(2-4-13)14-5-6-16(24-9-14)10-29(27,28)11-21/h1-6,9,15,18-19,26H,7-8,10-11H2/t15-,18-/m1/s1. The first-order chi connectivity index (χ1) is 13.7. The van der Waals surface area contributed by atoms with Gasteiger partial charge >= 0.3 is 0 Å². The molecule has 0 spiro atoms. The largest absolute Gasteiger partial charge is 0.388 e. The van der Waals surface area contributed by atoms with Gasteiger partial charge in [-0.1, -0.05) is 30.3 Å². The second-order valence-corrected chi connectivity index (χ2v) is 8.48. The predicted octanol–water partition coefficient (Wildman–Crippen LogP) is 3.43. The molecule has 158 valence electrons. The molecule has 1 N–H and O–H groups in total. The molecule has 29 heavy (non-hydrogen) atoms. The molecule has 10 heteroatoms. The summed E-state index contributed by atoms with van der Waals surface area (Å²) in [5, 5.41) is 10.2. The molecular weight excluding hydrogens is 414 g/mol. The lowest BCUT2D eigenvalue weighted by atomic mass is 9.91. The predicted molar refractivity (Wildman–Crippen MR) is 98.3 cm³/mol. The number of aliphatic hydroxyl groups is 1. The SMILES string of the molecule is O=C(C[C@H](CF)[C@H](O)c1ccc(-c2ccc(CS(=O)(=O)CF)nc2)cc1)C(F)F. The van der Waals surface area contributed by atoms with Gasteiger partial charge in [0.25, 0.3) is 6.43 Å². The molecule has 1 aromatic heterocycles. The molecule has 0 amide bonds. The van der Waals surface area contributed by atoms with E-state index < -0.39 is 58.9 Å². The van der Waals surface area contributed by atoms with Crippen molar-refractivity contribution >= 4 is 15.6 Å². The Balaban J connectivity index is 2.12. The summed E-state index contributed by atoms with van der Waals surface area (Å²) in [7, 11) is -3.85. The van der Waals surface area contributed by atoms with Crippen LogP contribution in [0.25, 0.3) is 11.1 Å². The molecule has 5 nitrogen and oxygen atoms in total. The number of halogens is 4. The third-order valence-corrected chi connectivity index (χ3v) is 5.36. The molecule has 1 heterocycles. The highest BCUT2D eigenvalue weighted by atomic mass is 32.2. The Morgan fingerprint density at radius 3 is 2.14 bits per heavy atom. The molecule has 0 saturated heterocycles. The first-order valence-corrected chi connectivity index (χ1v) is 10.4. The van der Waals surface area contributed by atoms with Crippen LogP contribution in [0.2, 0.25) is 0 Å². The Hall–Kier alpha value is -2.33. The van der Waals surface area contributed by atoms with Crippen LogP contribution in [0, 0.1) is 5.92 Å². The molecule has 2 aromatic rings. The fourth-order valence-electron chi connectivity index (χ4n) is 2.69. The molecule has 2 atom stereocenters. The highest BCUT2D eigenvalue weighted by Crippen LogP contribution is 2.28. The lowest BCUT2D eigenvalue weighted by molar-refractivity contribution is -0.131. The van der Waals surface area contributed by atoms with Crippen molar-refractivity contribution in [3.05, 3.63) is 53.9 Å². The first-order valence-electron chi connectivity index (χ1n) is 8.53. The number of alkyl halides is 4. The van der Waals surface area contributed by atoms with E-state index in [-0.39, 0.29) is 11.3 Å². The van der Waals surface area contributed by atoms with Gasteiger partial charge in [-0.2, -0.15) is 0 Å². The zero-order valence-corrected chi connectivity index (χ0v) is 16.0. The molecule has 0 aliphatic rings. The highest BCUT2D eigenvalue weighted by molar-refractivity contribution is 7.90. The van der Waals surface area contributed by atoms with E-state index in [0.717, 1.165) is 0 Å². The molecule has 1 aromatic carbocycles. The van der Waals surface area contributed by atoms with Crippen molar-refractivity contribution in [2.24, 2.45) is 5.92 Å². The van der Waals surface area contributed by atoms with Crippen LogP contribution in [0.1, 0.15) is 23.8 Å². The first kappa shape index (κ1) is 23.0. The third kappa shape index (κ3) is 6.33. The average molecular weight is 433 g/mol. The topological polar surface area (TPSA) is 84.3 Å². The molecule has 0 aliphatic heterocycles. The molecule has 0 saturated carbocycles. The van der Waals surface area contributed by atoms with Crippen LogP contribution in [-0.2, 0) is 20.4 Å². The summed E-state index contributed by atoms with van der Waals surface area (Å²) in [6.07, 6.45) is -4.01. The number of aromatic nitrogens is 1. The second kappa shape index (κ2) is 9.93. The number of aliphatic hydroxyl groups excluding tert-OH is 1. The van der Waals surface area contributed by atoms with Crippen LogP contribution >= 0.6 is 0 Å². The van der Waals surface area contributed by atoms with Gasteiger partial charge in [-0.05, 0) is 17.2 Å². The lowest BCUT2D eigenvalue weighted by Crippen LogP contribution is -2.22. The summed E-state index contributed by atoms with van der Waals surface area (Å²) in [5.41, 5.74) is 1.71. The number of benzene rings is 1. The van der Waals surface area contributed by atoms with Gasteiger partial charge < -0.3 is 5.11 Å². The molecule has 0 unspecified atom stereocenters. The van der Waals surface area contributed by atoms with Crippen molar-refractivity contribution in [1.82, 2.24) is 4.98 Å². The van der Waals surface area contributed by atoms with E-state index in [1.807, 2.05) is 0 Å². The Kier molecular flexibility index (Phi) is 7.86. The summed E-state index contributed by atoms with van der Waals surface area (Å²) in [6.45, 7) is -1.13. The Labute approximate surface area is 165 Å². The number of nitrogens with zero attached hydrogens (tertiary/aromatic N) is 1. The third-order valence-electron chi connectivity index (χ3n) is 4.30. The maximum Gasteiger partial charge on any atom is 0.295 e. The van der Waals surface area contributed by atoms with Gasteiger partial charge in [0, 0.05) is 24.1 Å². The number of hydrogen-bond acceptors (Lipinski definition) is 5. The summed E-state index contributed by atoms with van der Waals surface area (Å²) in [5.74, 6) is -3.22. The van der Waals surface area contributed by atoms with E-state index in [4.69, 9.17) is 0 Å². The molecule has 0 radical (unpaired) electrons. The Bertz CT molecular complexity index is 918. The molecule has 2 rings (SSSR count). The van der Waals surface area contributed by atoms with E-state index in [1.54, 1.807) is 18.2 Å². The zero-order valence-electron chi connectivity index (χ0n) is 15.1. The van der Waals surface area contributed by atoms with Crippen LogP contribution in [0.15, 0.2) is 42.6 Å². The number of rotatable bonds is 10. The van der Waals surface area contributed by atoms with E-state index in [1.165, 1.54) is 24.4 Å². The van der Waals surface area contributed by atoms with E-state index in [2.05, 4.69) is 4.98 Å². The van der Waals surface area contributed by atoms with Crippen LogP contribution in [-0.4, -0.2) is 43.4 Å². The van der Waals surface area contributed by atoms with Gasteiger partial charge in [-0.15, -0.1) is 0 Å². The van der Waals surface area contributed by atoms with Gasteiger partial charge in [0.05, 0.1) is 24.2 Å². The van der Waals surface area contributed by atoms with Gasteiger partial charge in [-0.3, -0.25) is 14.2 Å². The van der Waals surface area contributed by atoms with Crippen molar-refractivity contribution in [3.63, 3.8) is 0 Å². The fraction of sp³-hybridized carbons (Fsp3) is 0.368. The monoisotopic (exact) mass is 433 g/mol. The maximum absolute atomic E-state index is 13.1. The number of carbonyl (C=O) groups is 1. The van der Waals surface area contributed by atoms with Crippen LogP contribution in [0.3, 0.4) is 0 Å². The summed E-state index contributed by atoms with van der Waals surface area (Å²) >= 11 is 0. The number of hydrogen-bond donors (Lipinski definition) is 1. The van der Waals surface area contributed by atoms with Crippen molar-refractivity contribution in [1.29, 1.82) is 0 Å². The molecule has 0 fully saturated rings. The second-order valence-electron chi connectivity index (χ2n) is 6.49. The van der Waals surface area contributed by atoms with Crippen molar-refractivity contribution in [3.8, 4) is 11.1 Å². The number of ketones is 1. The minimum atomic E-state index is -3.85. The molecular formula is C19H19F4NO4S. The van der Waals surface area contributed by atoms with Crippen LogP contribution in [0.4, 0.5) is 17.6 Å². The van der Waals surface area contributed by atoms with Gasteiger partial charge in [0.2, 0.25) is 0 Å². The van der Waals surface area contributed by atoms with Crippen molar-refractivity contribution < 1.29 is 35.9 Å². The lowest BCUT2D eigenvalue weighted by Gasteiger charge is -2.20. The number of carbonyl (C=O) groups excluding carboxylic acids is 1. The number of sulfone groups is 1. The summed E-state index contributed by atoms with van der Waals surface area (Å²) in [4.78, 5) is 15.1. The maximum atomic E-state index is 13.1.